The van der Waals surface area contributed by atoms with Crippen LogP contribution in [0.5, 0.6) is 0 Å². The van der Waals surface area contributed by atoms with Crippen LogP contribution in [0.25, 0.3) is 0 Å². The van der Waals surface area contributed by atoms with Gasteiger partial charge in [0.2, 0.25) is 0 Å². The number of esters is 1. The standard InChI is InChI=1S/C22H26F3NO3S/c1-6-29-20(28)15-11-17(13(2)12-21(3,4)5)30-19(15)26-18(27)14-9-7-8-10-16(14)22(23,24)25/h7-11,13H,6,12H2,1-5H3,(H,26,27)/t13-/m0/s1. The molecule has 0 saturated carbocycles. The molecule has 1 heterocycles. The fourth-order valence-electron chi connectivity index (χ4n) is 3.22. The summed E-state index contributed by atoms with van der Waals surface area (Å²) in [5, 5.41) is 2.68. The van der Waals surface area contributed by atoms with Crippen molar-refractivity contribution in [2.24, 2.45) is 5.41 Å². The number of hydrogen-bond donors (Lipinski definition) is 1. The molecule has 2 aromatic rings. The van der Waals surface area contributed by atoms with E-state index in [9.17, 15) is 22.8 Å². The molecule has 4 nitrogen and oxygen atoms in total. The van der Waals surface area contributed by atoms with E-state index >= 15 is 0 Å². The Morgan fingerprint density at radius 2 is 1.77 bits per heavy atom. The summed E-state index contributed by atoms with van der Waals surface area (Å²) in [4.78, 5) is 25.9. The Balaban J connectivity index is 2.41. The third-order valence-electron chi connectivity index (χ3n) is 4.35. The molecule has 0 aliphatic heterocycles. The maximum absolute atomic E-state index is 13.3. The molecule has 8 heteroatoms. The number of thiophene rings is 1. The van der Waals surface area contributed by atoms with Crippen molar-refractivity contribution in [2.75, 3.05) is 11.9 Å². The Hall–Kier alpha value is -2.35. The van der Waals surface area contributed by atoms with Gasteiger partial charge in [-0.3, -0.25) is 4.79 Å². The lowest BCUT2D eigenvalue weighted by molar-refractivity contribution is -0.137. The third kappa shape index (κ3) is 6.08. The summed E-state index contributed by atoms with van der Waals surface area (Å²) in [6.45, 7) is 10.1. The minimum Gasteiger partial charge on any atom is -0.462 e. The van der Waals surface area contributed by atoms with E-state index in [1.165, 1.54) is 23.5 Å². The molecule has 1 amide bonds. The molecule has 0 fully saturated rings. The van der Waals surface area contributed by atoms with E-state index < -0.39 is 29.2 Å². The molecule has 1 aromatic carbocycles. The summed E-state index contributed by atoms with van der Waals surface area (Å²) in [5.74, 6) is -1.45. The van der Waals surface area contributed by atoms with Crippen molar-refractivity contribution >= 4 is 28.2 Å². The van der Waals surface area contributed by atoms with Gasteiger partial charge in [-0.1, -0.05) is 39.8 Å². The Kier molecular flexibility index (Phi) is 7.34. The first kappa shape index (κ1) is 23.9. The maximum Gasteiger partial charge on any atom is 0.417 e. The fourth-order valence-corrected chi connectivity index (χ4v) is 4.32. The second-order valence-electron chi connectivity index (χ2n) is 8.28. The maximum atomic E-state index is 13.3. The Morgan fingerprint density at radius 1 is 1.13 bits per heavy atom. The van der Waals surface area contributed by atoms with Crippen molar-refractivity contribution in [3.05, 3.63) is 51.9 Å². The van der Waals surface area contributed by atoms with Gasteiger partial charge in [0.15, 0.2) is 0 Å². The summed E-state index contributed by atoms with van der Waals surface area (Å²) >= 11 is 1.18. The predicted molar refractivity (Wildman–Crippen MR) is 112 cm³/mol. The zero-order chi connectivity index (χ0) is 22.7. The number of nitrogens with one attached hydrogen (secondary N) is 1. The first-order valence-corrected chi connectivity index (χ1v) is 10.4. The SMILES string of the molecule is CCOC(=O)c1cc([C@@H](C)CC(C)(C)C)sc1NC(=O)c1ccccc1C(F)(F)F. The highest BCUT2D eigenvalue weighted by Crippen LogP contribution is 2.39. The zero-order valence-corrected chi connectivity index (χ0v) is 18.5. The lowest BCUT2D eigenvalue weighted by Gasteiger charge is -2.22. The molecule has 2 rings (SSSR count). The van der Waals surface area contributed by atoms with E-state index in [4.69, 9.17) is 4.74 Å². The van der Waals surface area contributed by atoms with Crippen molar-refractivity contribution in [3.8, 4) is 0 Å². The highest BCUT2D eigenvalue weighted by molar-refractivity contribution is 7.16. The van der Waals surface area contributed by atoms with Crippen LogP contribution in [0.1, 0.15) is 78.1 Å². The molecule has 0 saturated heterocycles. The zero-order valence-electron chi connectivity index (χ0n) is 17.6. The topological polar surface area (TPSA) is 55.4 Å². The Morgan fingerprint density at radius 3 is 2.33 bits per heavy atom. The largest absolute Gasteiger partial charge is 0.462 e. The molecule has 1 aromatic heterocycles. The quantitative estimate of drug-likeness (QED) is 0.505. The molecule has 164 valence electrons. The number of ether oxygens (including phenoxy) is 1. The predicted octanol–water partition coefficient (Wildman–Crippen LogP) is 6.74. The number of alkyl halides is 3. The highest BCUT2D eigenvalue weighted by atomic mass is 32.1. The third-order valence-corrected chi connectivity index (χ3v) is 5.64. The number of anilines is 1. The van der Waals surface area contributed by atoms with Gasteiger partial charge in [0.05, 0.1) is 23.3 Å². The van der Waals surface area contributed by atoms with Crippen molar-refractivity contribution in [3.63, 3.8) is 0 Å². The number of rotatable bonds is 6. The molecule has 0 unspecified atom stereocenters. The molecule has 1 atom stereocenters. The van der Waals surface area contributed by atoms with Crippen LogP contribution >= 0.6 is 11.3 Å². The number of amides is 1. The fraction of sp³-hybridized carbons (Fsp3) is 0.455. The molecule has 0 aliphatic rings. The van der Waals surface area contributed by atoms with Crippen molar-refractivity contribution < 1.29 is 27.5 Å². The minimum absolute atomic E-state index is 0.0442. The highest BCUT2D eigenvalue weighted by Gasteiger charge is 2.35. The van der Waals surface area contributed by atoms with Gasteiger partial charge in [0.1, 0.15) is 5.00 Å². The molecule has 0 spiro atoms. The second-order valence-corrected chi connectivity index (χ2v) is 9.36. The van der Waals surface area contributed by atoms with Gasteiger partial charge in [-0.25, -0.2) is 4.79 Å². The smallest absolute Gasteiger partial charge is 0.417 e. The monoisotopic (exact) mass is 441 g/mol. The van der Waals surface area contributed by atoms with Crippen LogP contribution in [-0.2, 0) is 10.9 Å². The van der Waals surface area contributed by atoms with Gasteiger partial charge in [-0.15, -0.1) is 11.3 Å². The summed E-state index contributed by atoms with van der Waals surface area (Å²) in [5.41, 5.74) is -1.34. The summed E-state index contributed by atoms with van der Waals surface area (Å²) < 4.78 is 44.9. The van der Waals surface area contributed by atoms with Crippen LogP contribution in [0, 0.1) is 5.41 Å². The Labute approximate surface area is 178 Å². The minimum atomic E-state index is -4.67. The van der Waals surface area contributed by atoms with Gasteiger partial charge in [0.25, 0.3) is 5.91 Å². The molecular formula is C22H26F3NO3S. The summed E-state index contributed by atoms with van der Waals surface area (Å²) in [6, 6.07) is 6.21. The summed E-state index contributed by atoms with van der Waals surface area (Å²) in [6.07, 6.45) is -3.83. The van der Waals surface area contributed by atoms with Crippen molar-refractivity contribution in [1.82, 2.24) is 0 Å². The van der Waals surface area contributed by atoms with E-state index in [1.807, 2.05) is 6.92 Å². The van der Waals surface area contributed by atoms with Crippen LogP contribution in [0.3, 0.4) is 0 Å². The molecule has 0 bridgehead atoms. The number of carbonyl (C=O) groups is 2. The van der Waals surface area contributed by atoms with Gasteiger partial charge < -0.3 is 10.1 Å². The molecular weight excluding hydrogens is 415 g/mol. The molecule has 30 heavy (non-hydrogen) atoms. The average molecular weight is 442 g/mol. The number of carbonyl (C=O) groups excluding carboxylic acids is 2. The van der Waals surface area contributed by atoms with Crippen LogP contribution in [0.15, 0.2) is 30.3 Å². The van der Waals surface area contributed by atoms with Gasteiger partial charge >= 0.3 is 12.1 Å². The first-order chi connectivity index (χ1) is 13.8. The van der Waals surface area contributed by atoms with E-state index in [0.717, 1.165) is 23.4 Å². The van der Waals surface area contributed by atoms with Crippen LogP contribution in [0.2, 0.25) is 0 Å². The lowest BCUT2D eigenvalue weighted by Crippen LogP contribution is -2.19. The molecule has 0 aliphatic carbocycles. The molecule has 1 N–H and O–H groups in total. The van der Waals surface area contributed by atoms with Gasteiger partial charge in [-0.2, -0.15) is 13.2 Å². The van der Waals surface area contributed by atoms with E-state index in [0.29, 0.717) is 0 Å². The van der Waals surface area contributed by atoms with Crippen LogP contribution in [0.4, 0.5) is 18.2 Å². The van der Waals surface area contributed by atoms with Crippen LogP contribution < -0.4 is 5.32 Å². The van der Waals surface area contributed by atoms with Crippen molar-refractivity contribution in [2.45, 2.75) is 53.1 Å². The molecule has 0 radical (unpaired) electrons. The van der Waals surface area contributed by atoms with Crippen molar-refractivity contribution in [1.29, 1.82) is 0 Å². The van der Waals surface area contributed by atoms with Gasteiger partial charge in [0, 0.05) is 4.88 Å². The average Bonchev–Trinajstić information content (AvgIpc) is 3.04. The normalized spacial score (nSPS) is 13.1. The van der Waals surface area contributed by atoms with Crippen LogP contribution in [-0.4, -0.2) is 18.5 Å². The number of benzene rings is 1. The number of halogens is 3. The lowest BCUT2D eigenvalue weighted by atomic mass is 9.85. The van der Waals surface area contributed by atoms with E-state index in [1.54, 1.807) is 13.0 Å². The van der Waals surface area contributed by atoms with E-state index in [2.05, 4.69) is 26.1 Å². The first-order valence-electron chi connectivity index (χ1n) is 9.62. The number of hydrogen-bond acceptors (Lipinski definition) is 4. The van der Waals surface area contributed by atoms with Gasteiger partial charge in [-0.05, 0) is 42.9 Å². The summed E-state index contributed by atoms with van der Waals surface area (Å²) in [7, 11) is 0. The van der Waals surface area contributed by atoms with E-state index in [-0.39, 0.29) is 28.5 Å². The Bertz CT molecular complexity index is 913. The second kappa shape index (κ2) is 9.20.